The van der Waals surface area contributed by atoms with Crippen molar-refractivity contribution >= 4 is 17.3 Å². The summed E-state index contributed by atoms with van der Waals surface area (Å²) in [4.78, 5) is 12.1. The lowest BCUT2D eigenvalue weighted by molar-refractivity contribution is -0.137. The van der Waals surface area contributed by atoms with Crippen LogP contribution in [0.4, 0.5) is 0 Å². The van der Waals surface area contributed by atoms with Crippen LogP contribution in [0.3, 0.4) is 0 Å². The quantitative estimate of drug-likeness (QED) is 0.795. The molecule has 0 aromatic carbocycles. The summed E-state index contributed by atoms with van der Waals surface area (Å²) in [6.45, 7) is 2.17. The third-order valence-electron chi connectivity index (χ3n) is 3.66. The third kappa shape index (κ3) is 3.82. The average Bonchev–Trinajstić information content (AvgIpc) is 2.75. The number of carbonyl (C=O) groups is 1. The molecule has 2 rings (SSSR count). The molecule has 1 fully saturated rings. The molecule has 18 heavy (non-hydrogen) atoms. The van der Waals surface area contributed by atoms with E-state index in [9.17, 15) is 4.79 Å². The van der Waals surface area contributed by atoms with Gasteiger partial charge in [-0.15, -0.1) is 11.3 Å². The second-order valence-electron chi connectivity index (χ2n) is 5.27. The lowest BCUT2D eigenvalue weighted by atomic mass is 9.81. The summed E-state index contributed by atoms with van der Waals surface area (Å²) in [5, 5.41) is 14.5. The molecule has 100 valence electrons. The highest BCUT2D eigenvalue weighted by Gasteiger charge is 2.23. The van der Waals surface area contributed by atoms with E-state index in [2.05, 4.69) is 12.2 Å². The van der Waals surface area contributed by atoms with Crippen LogP contribution < -0.4 is 5.32 Å². The third-order valence-corrected chi connectivity index (χ3v) is 4.65. The van der Waals surface area contributed by atoms with Gasteiger partial charge in [-0.25, -0.2) is 0 Å². The molecule has 3 nitrogen and oxygen atoms in total. The molecule has 1 saturated carbocycles. The Hall–Kier alpha value is -0.870. The Kier molecular flexibility index (Phi) is 4.78. The Bertz CT molecular complexity index is 373. The number of carboxylic acid groups (broad SMARTS) is 1. The monoisotopic (exact) mass is 267 g/mol. The molecule has 1 aliphatic rings. The molecule has 1 heterocycles. The predicted octanol–water partition coefficient (Wildman–Crippen LogP) is 3.43. The largest absolute Gasteiger partial charge is 0.481 e. The fourth-order valence-corrected chi connectivity index (χ4v) is 3.33. The van der Waals surface area contributed by atoms with Crippen LogP contribution in [0.5, 0.6) is 0 Å². The van der Waals surface area contributed by atoms with Gasteiger partial charge in [0.2, 0.25) is 0 Å². The maximum absolute atomic E-state index is 10.9. The van der Waals surface area contributed by atoms with Gasteiger partial charge in [0, 0.05) is 10.9 Å². The van der Waals surface area contributed by atoms with E-state index in [1.807, 2.05) is 17.5 Å². The second kappa shape index (κ2) is 6.34. The van der Waals surface area contributed by atoms with Crippen LogP contribution in [0.25, 0.3) is 0 Å². The first kappa shape index (κ1) is 13.6. The molecule has 2 atom stereocenters. The SMILES string of the molecule is CC(CC1CCC1)NC(CC(=O)O)c1cccs1. The van der Waals surface area contributed by atoms with Crippen LogP contribution in [-0.2, 0) is 4.79 Å². The number of rotatable bonds is 7. The molecule has 0 radical (unpaired) electrons. The standard InChI is InChI=1S/C14H21NO2S/c1-10(8-11-4-2-5-11)15-12(9-14(16)17)13-6-3-7-18-13/h3,6-7,10-12,15H,2,4-5,8-9H2,1H3,(H,16,17). The van der Waals surface area contributed by atoms with E-state index in [4.69, 9.17) is 5.11 Å². The van der Waals surface area contributed by atoms with Crippen molar-refractivity contribution < 1.29 is 9.90 Å². The van der Waals surface area contributed by atoms with Gasteiger partial charge >= 0.3 is 5.97 Å². The van der Waals surface area contributed by atoms with E-state index in [-0.39, 0.29) is 12.5 Å². The van der Waals surface area contributed by atoms with Gasteiger partial charge in [-0.2, -0.15) is 0 Å². The van der Waals surface area contributed by atoms with Crippen molar-refractivity contribution in [3.05, 3.63) is 22.4 Å². The minimum atomic E-state index is -0.739. The molecule has 0 aliphatic heterocycles. The summed E-state index contributed by atoms with van der Waals surface area (Å²) in [7, 11) is 0. The van der Waals surface area contributed by atoms with Crippen molar-refractivity contribution in [1.82, 2.24) is 5.32 Å². The van der Waals surface area contributed by atoms with E-state index in [0.29, 0.717) is 6.04 Å². The molecule has 0 amide bonds. The topological polar surface area (TPSA) is 49.3 Å². The number of nitrogens with one attached hydrogen (secondary N) is 1. The molecule has 2 unspecified atom stereocenters. The minimum absolute atomic E-state index is 0.0439. The summed E-state index contributed by atoms with van der Waals surface area (Å²) >= 11 is 1.63. The molecule has 4 heteroatoms. The summed E-state index contributed by atoms with van der Waals surface area (Å²) in [6, 6.07) is 4.34. The molecule has 1 aliphatic carbocycles. The molecule has 0 saturated heterocycles. The van der Waals surface area contributed by atoms with E-state index in [1.54, 1.807) is 11.3 Å². The van der Waals surface area contributed by atoms with Gasteiger partial charge in [0.1, 0.15) is 0 Å². The molecule has 0 bridgehead atoms. The van der Waals surface area contributed by atoms with Crippen molar-refractivity contribution in [2.75, 3.05) is 0 Å². The van der Waals surface area contributed by atoms with Crippen LogP contribution in [0.2, 0.25) is 0 Å². The van der Waals surface area contributed by atoms with Crippen LogP contribution in [0, 0.1) is 5.92 Å². The lowest BCUT2D eigenvalue weighted by Gasteiger charge is -2.30. The Morgan fingerprint density at radius 1 is 1.61 bits per heavy atom. The first-order chi connectivity index (χ1) is 8.65. The van der Waals surface area contributed by atoms with Crippen molar-refractivity contribution in [1.29, 1.82) is 0 Å². The summed E-state index contributed by atoms with van der Waals surface area (Å²) in [5.41, 5.74) is 0. The fourth-order valence-electron chi connectivity index (χ4n) is 2.55. The number of hydrogen-bond acceptors (Lipinski definition) is 3. The first-order valence-electron chi connectivity index (χ1n) is 6.66. The first-order valence-corrected chi connectivity index (χ1v) is 7.54. The number of hydrogen-bond donors (Lipinski definition) is 2. The van der Waals surface area contributed by atoms with Gasteiger partial charge < -0.3 is 10.4 Å². The van der Waals surface area contributed by atoms with Crippen molar-refractivity contribution in [3.63, 3.8) is 0 Å². The van der Waals surface area contributed by atoms with Gasteiger partial charge in [0.05, 0.1) is 12.5 Å². The van der Waals surface area contributed by atoms with Crippen molar-refractivity contribution in [2.45, 2.75) is 51.1 Å². The minimum Gasteiger partial charge on any atom is -0.481 e. The highest BCUT2D eigenvalue weighted by molar-refractivity contribution is 7.10. The maximum Gasteiger partial charge on any atom is 0.305 e. The normalized spacial score (nSPS) is 19.2. The highest BCUT2D eigenvalue weighted by Crippen LogP contribution is 2.31. The van der Waals surface area contributed by atoms with Crippen LogP contribution in [0.1, 0.15) is 49.9 Å². The van der Waals surface area contributed by atoms with Gasteiger partial charge in [-0.1, -0.05) is 25.3 Å². The molecule has 0 spiro atoms. The van der Waals surface area contributed by atoms with Crippen LogP contribution >= 0.6 is 11.3 Å². The zero-order chi connectivity index (χ0) is 13.0. The predicted molar refractivity (Wildman–Crippen MR) is 73.9 cm³/mol. The average molecular weight is 267 g/mol. The summed E-state index contributed by atoms with van der Waals surface area (Å²) in [6.07, 6.45) is 5.38. The maximum atomic E-state index is 10.9. The Morgan fingerprint density at radius 3 is 2.89 bits per heavy atom. The van der Waals surface area contributed by atoms with Gasteiger partial charge in [0.15, 0.2) is 0 Å². The zero-order valence-corrected chi connectivity index (χ0v) is 11.6. The van der Waals surface area contributed by atoms with Crippen molar-refractivity contribution in [3.8, 4) is 0 Å². The molecule has 2 N–H and O–H groups in total. The summed E-state index contributed by atoms with van der Waals surface area (Å²) in [5.74, 6) is 0.109. The number of aliphatic carboxylic acids is 1. The van der Waals surface area contributed by atoms with Crippen LogP contribution in [-0.4, -0.2) is 17.1 Å². The van der Waals surface area contributed by atoms with Crippen molar-refractivity contribution in [2.24, 2.45) is 5.92 Å². The Balaban J connectivity index is 1.89. The number of carboxylic acids is 1. The highest BCUT2D eigenvalue weighted by atomic mass is 32.1. The smallest absolute Gasteiger partial charge is 0.305 e. The molecule has 1 aromatic rings. The Labute approximate surface area is 112 Å². The second-order valence-corrected chi connectivity index (χ2v) is 6.25. The summed E-state index contributed by atoms with van der Waals surface area (Å²) < 4.78 is 0. The van der Waals surface area contributed by atoms with Gasteiger partial charge in [-0.05, 0) is 30.7 Å². The van der Waals surface area contributed by atoms with Gasteiger partial charge in [0.25, 0.3) is 0 Å². The zero-order valence-electron chi connectivity index (χ0n) is 10.8. The van der Waals surface area contributed by atoms with E-state index >= 15 is 0 Å². The molecule has 1 aromatic heterocycles. The van der Waals surface area contributed by atoms with Gasteiger partial charge in [-0.3, -0.25) is 4.79 Å². The lowest BCUT2D eigenvalue weighted by Crippen LogP contribution is -2.34. The molecular formula is C14H21NO2S. The fraction of sp³-hybridized carbons (Fsp3) is 0.643. The van der Waals surface area contributed by atoms with Crippen LogP contribution in [0.15, 0.2) is 17.5 Å². The van der Waals surface area contributed by atoms with E-state index in [0.717, 1.165) is 10.8 Å². The molecular weight excluding hydrogens is 246 g/mol. The van der Waals surface area contributed by atoms with E-state index < -0.39 is 5.97 Å². The Morgan fingerprint density at radius 2 is 2.39 bits per heavy atom. The number of thiophene rings is 1. The van der Waals surface area contributed by atoms with E-state index in [1.165, 1.54) is 25.7 Å².